The van der Waals surface area contributed by atoms with Gasteiger partial charge in [0.2, 0.25) is 5.89 Å². The van der Waals surface area contributed by atoms with Crippen LogP contribution < -0.4 is 26.3 Å². The van der Waals surface area contributed by atoms with Crippen molar-refractivity contribution >= 4 is 18.0 Å². The highest BCUT2D eigenvalue weighted by Crippen LogP contribution is 2.46. The van der Waals surface area contributed by atoms with E-state index in [9.17, 15) is 23.2 Å². The van der Waals surface area contributed by atoms with Gasteiger partial charge in [0.05, 0.1) is 6.61 Å². The van der Waals surface area contributed by atoms with Crippen LogP contribution in [-0.4, -0.2) is 60.3 Å². The van der Waals surface area contributed by atoms with Crippen molar-refractivity contribution in [2.45, 2.75) is 71.6 Å². The van der Waals surface area contributed by atoms with Gasteiger partial charge in [0.15, 0.2) is 28.6 Å². The van der Waals surface area contributed by atoms with Crippen LogP contribution in [0.3, 0.4) is 0 Å². The number of carbonyl (C=O) groups is 3. The molecule has 14 heteroatoms. The number of amides is 4. The summed E-state index contributed by atoms with van der Waals surface area (Å²) in [4.78, 5) is 43.1. The highest BCUT2D eigenvalue weighted by Gasteiger charge is 2.49. The van der Waals surface area contributed by atoms with Crippen molar-refractivity contribution in [3.63, 3.8) is 0 Å². The number of oxazole rings is 1. The molecule has 4 rings (SSSR count). The quantitative estimate of drug-likeness (QED) is 0.364. The smallest absolute Gasteiger partial charge is 0.405 e. The molecule has 0 spiro atoms. The van der Waals surface area contributed by atoms with Crippen LogP contribution in [0, 0.1) is 11.3 Å². The number of hydrogen-bond donors (Lipinski definition) is 3. The van der Waals surface area contributed by atoms with Gasteiger partial charge < -0.3 is 40.3 Å². The summed E-state index contributed by atoms with van der Waals surface area (Å²) in [6.45, 7) is 4.91. The second kappa shape index (κ2) is 12.0. The minimum atomic E-state index is -3.06. The fraction of sp³-hybridized carbons (Fsp3) is 0.571. The lowest BCUT2D eigenvalue weighted by Gasteiger charge is -2.39. The molecule has 230 valence electrons. The summed E-state index contributed by atoms with van der Waals surface area (Å²) in [6, 6.07) is 3.38. The number of aromatic nitrogens is 1. The maximum absolute atomic E-state index is 13.6. The Morgan fingerprint density at radius 1 is 1.10 bits per heavy atom. The molecule has 2 heterocycles. The fourth-order valence-corrected chi connectivity index (χ4v) is 4.60. The molecule has 1 saturated heterocycles. The molecule has 0 radical (unpaired) electrons. The zero-order valence-corrected chi connectivity index (χ0v) is 24.1. The van der Waals surface area contributed by atoms with Gasteiger partial charge in [-0.25, -0.2) is 14.6 Å². The molecule has 1 aliphatic heterocycles. The van der Waals surface area contributed by atoms with Crippen molar-refractivity contribution in [1.82, 2.24) is 15.2 Å². The number of rotatable bonds is 10. The van der Waals surface area contributed by atoms with Gasteiger partial charge in [-0.1, -0.05) is 20.8 Å². The number of nitrogens with two attached hydrogens (primary N) is 2. The third kappa shape index (κ3) is 7.02. The van der Waals surface area contributed by atoms with Crippen LogP contribution in [0.15, 0.2) is 22.6 Å². The highest BCUT2D eigenvalue weighted by molar-refractivity contribution is 5.94. The average Bonchev–Trinajstić information content (AvgIpc) is 3.61. The number of carbonyl (C=O) groups excluding carboxylic acids is 3. The van der Waals surface area contributed by atoms with Gasteiger partial charge in [0.25, 0.3) is 5.91 Å². The van der Waals surface area contributed by atoms with Gasteiger partial charge >= 0.3 is 18.7 Å². The maximum atomic E-state index is 13.6. The van der Waals surface area contributed by atoms with E-state index >= 15 is 0 Å². The standard InChI is InChI=1S/C28H37F2N5O7/c1-27(2,3)28(4,42-26(32)38)21-20(22(36)33-17-9-11-35(12-10-17)25(31)37)34-23(41-21)16-7-8-18(40-24(29)30)19(13-16)39-14-15-5-6-15/h7-8,13,15,17,24H,5-6,9-12,14H2,1-4H3,(H2,31,37)(H2,32,38)(H,33,36). The Balaban J connectivity index is 1.73. The number of piperidine rings is 1. The third-order valence-electron chi connectivity index (χ3n) is 7.73. The summed E-state index contributed by atoms with van der Waals surface area (Å²) in [5.41, 5.74) is 8.59. The lowest BCUT2D eigenvalue weighted by atomic mass is 9.75. The molecule has 42 heavy (non-hydrogen) atoms. The van der Waals surface area contributed by atoms with E-state index in [1.807, 2.05) is 0 Å². The first kappa shape index (κ1) is 30.8. The minimum absolute atomic E-state index is 0.0397. The molecule has 2 aliphatic rings. The van der Waals surface area contributed by atoms with Crippen molar-refractivity contribution in [2.24, 2.45) is 22.8 Å². The van der Waals surface area contributed by atoms with Gasteiger partial charge in [-0.15, -0.1) is 0 Å². The largest absolute Gasteiger partial charge is 0.489 e. The van der Waals surface area contributed by atoms with Crippen molar-refractivity contribution in [3.8, 4) is 23.0 Å². The fourth-order valence-electron chi connectivity index (χ4n) is 4.60. The van der Waals surface area contributed by atoms with E-state index < -0.39 is 35.7 Å². The summed E-state index contributed by atoms with van der Waals surface area (Å²) in [7, 11) is 0. The van der Waals surface area contributed by atoms with Crippen LogP contribution in [-0.2, 0) is 10.3 Å². The summed E-state index contributed by atoms with van der Waals surface area (Å²) < 4.78 is 48.2. The van der Waals surface area contributed by atoms with Crippen molar-refractivity contribution < 1.29 is 41.8 Å². The molecular weight excluding hydrogens is 556 g/mol. The summed E-state index contributed by atoms with van der Waals surface area (Å²) in [5.74, 6) is -0.433. The zero-order valence-electron chi connectivity index (χ0n) is 24.1. The number of benzene rings is 1. The first-order valence-electron chi connectivity index (χ1n) is 13.7. The monoisotopic (exact) mass is 593 g/mol. The molecule has 12 nitrogen and oxygen atoms in total. The van der Waals surface area contributed by atoms with E-state index in [1.165, 1.54) is 23.1 Å². The second-order valence-corrected chi connectivity index (χ2v) is 11.8. The number of urea groups is 1. The van der Waals surface area contributed by atoms with Gasteiger partial charge in [-0.2, -0.15) is 8.78 Å². The van der Waals surface area contributed by atoms with Gasteiger partial charge in [0, 0.05) is 30.1 Å². The van der Waals surface area contributed by atoms with Crippen molar-refractivity contribution in [3.05, 3.63) is 29.7 Å². The molecule has 1 unspecified atom stereocenters. The molecule has 0 bridgehead atoms. The Bertz CT molecular complexity index is 1320. The summed E-state index contributed by atoms with van der Waals surface area (Å²) in [5, 5.41) is 2.92. The second-order valence-electron chi connectivity index (χ2n) is 11.8. The molecule has 1 atom stereocenters. The topological polar surface area (TPSA) is 172 Å². The molecule has 1 saturated carbocycles. The zero-order chi connectivity index (χ0) is 30.8. The van der Waals surface area contributed by atoms with E-state index in [0.717, 1.165) is 12.8 Å². The number of likely N-dealkylation sites (tertiary alicyclic amines) is 1. The average molecular weight is 594 g/mol. The summed E-state index contributed by atoms with van der Waals surface area (Å²) >= 11 is 0. The highest BCUT2D eigenvalue weighted by atomic mass is 19.3. The predicted molar refractivity (Wildman–Crippen MR) is 146 cm³/mol. The van der Waals surface area contributed by atoms with E-state index in [1.54, 1.807) is 27.7 Å². The number of alkyl halides is 2. The normalized spacial score (nSPS) is 17.5. The minimum Gasteiger partial charge on any atom is -0.489 e. The Morgan fingerprint density at radius 3 is 2.31 bits per heavy atom. The molecule has 2 aromatic rings. The van der Waals surface area contributed by atoms with E-state index in [0.29, 0.717) is 44.0 Å². The first-order chi connectivity index (χ1) is 19.7. The van der Waals surface area contributed by atoms with Gasteiger partial charge in [-0.05, 0) is 56.7 Å². The number of nitrogens with zero attached hydrogens (tertiary/aromatic N) is 2. The van der Waals surface area contributed by atoms with Crippen LogP contribution in [0.1, 0.15) is 69.6 Å². The number of hydrogen-bond acceptors (Lipinski definition) is 8. The first-order valence-corrected chi connectivity index (χ1v) is 13.7. The van der Waals surface area contributed by atoms with E-state index in [4.69, 9.17) is 25.4 Å². The molecule has 1 aromatic heterocycles. The van der Waals surface area contributed by atoms with Crippen LogP contribution in [0.25, 0.3) is 11.5 Å². The molecule has 1 aromatic carbocycles. The Labute approximate surface area is 242 Å². The molecule has 1 aliphatic carbocycles. The third-order valence-corrected chi connectivity index (χ3v) is 7.73. The van der Waals surface area contributed by atoms with Gasteiger partial charge in [0.1, 0.15) is 0 Å². The Morgan fingerprint density at radius 2 is 1.76 bits per heavy atom. The number of ether oxygens (including phenoxy) is 3. The Hall–Kier alpha value is -4.10. The maximum Gasteiger partial charge on any atom is 0.405 e. The van der Waals surface area contributed by atoms with Crippen LogP contribution in [0.5, 0.6) is 11.5 Å². The van der Waals surface area contributed by atoms with Crippen LogP contribution in [0.2, 0.25) is 0 Å². The van der Waals surface area contributed by atoms with Crippen molar-refractivity contribution in [1.29, 1.82) is 0 Å². The van der Waals surface area contributed by atoms with E-state index in [2.05, 4.69) is 15.0 Å². The van der Waals surface area contributed by atoms with Gasteiger partial charge in [-0.3, -0.25) is 4.79 Å². The lowest BCUT2D eigenvalue weighted by Crippen LogP contribution is -2.49. The molecule has 4 amide bonds. The summed E-state index contributed by atoms with van der Waals surface area (Å²) in [6.07, 6.45) is 1.82. The number of nitrogens with one attached hydrogen (secondary N) is 1. The van der Waals surface area contributed by atoms with Crippen molar-refractivity contribution in [2.75, 3.05) is 19.7 Å². The number of halogens is 2. The molecular formula is C28H37F2N5O7. The van der Waals surface area contributed by atoms with E-state index in [-0.39, 0.29) is 34.9 Å². The lowest BCUT2D eigenvalue weighted by molar-refractivity contribution is -0.0707. The molecule has 5 N–H and O–H groups in total. The SMILES string of the molecule is CC(C)(C)C(C)(OC(N)=O)c1oc(-c2ccc(OC(F)F)c(OCC3CC3)c2)nc1C(=O)NC1CCN(C(N)=O)CC1. The Kier molecular flexibility index (Phi) is 8.83. The molecule has 2 fully saturated rings. The number of primary amides is 2. The van der Waals surface area contributed by atoms with Crippen LogP contribution >= 0.6 is 0 Å². The predicted octanol–water partition coefficient (Wildman–Crippen LogP) is 4.36. The van der Waals surface area contributed by atoms with Crippen LogP contribution in [0.4, 0.5) is 18.4 Å².